The second-order valence-electron chi connectivity index (χ2n) is 6.48. The Labute approximate surface area is 147 Å². The summed E-state index contributed by atoms with van der Waals surface area (Å²) in [5.74, 6) is 0.526. The molecule has 3 N–H and O–H groups in total. The summed E-state index contributed by atoms with van der Waals surface area (Å²) in [5.41, 5.74) is 1.34. The fourth-order valence-corrected chi connectivity index (χ4v) is 2.96. The normalized spacial score (nSPS) is 14.8. The molecule has 3 aromatic rings. The van der Waals surface area contributed by atoms with Crippen molar-refractivity contribution >= 4 is 16.9 Å². The van der Waals surface area contributed by atoms with Crippen LogP contribution in [0.15, 0.2) is 54.6 Å². The molecule has 1 aromatic heterocycles. The summed E-state index contributed by atoms with van der Waals surface area (Å²) in [6, 6.07) is 16.8. The van der Waals surface area contributed by atoms with Crippen LogP contribution in [0.4, 0.5) is 0 Å². The van der Waals surface area contributed by atoms with E-state index in [9.17, 15) is 9.90 Å². The number of aromatic amines is 1. The number of para-hydroxylation sites is 2. The number of carbonyl (C=O) groups excluding carboxylic acids is 1. The van der Waals surface area contributed by atoms with Gasteiger partial charge in [0.15, 0.2) is 0 Å². The van der Waals surface area contributed by atoms with Crippen LogP contribution >= 0.6 is 0 Å². The van der Waals surface area contributed by atoms with Gasteiger partial charge in [-0.15, -0.1) is 0 Å². The molecule has 0 bridgehead atoms. The van der Waals surface area contributed by atoms with Crippen LogP contribution < -0.4 is 5.32 Å². The summed E-state index contributed by atoms with van der Waals surface area (Å²) in [7, 11) is 0. The predicted octanol–water partition coefficient (Wildman–Crippen LogP) is 3.43. The summed E-state index contributed by atoms with van der Waals surface area (Å²) in [6.07, 6.45) is 0.701. The van der Waals surface area contributed by atoms with Crippen molar-refractivity contribution in [3.63, 3.8) is 0 Å². The van der Waals surface area contributed by atoms with Gasteiger partial charge in [0.1, 0.15) is 5.82 Å². The molecular weight excluding hydrogens is 314 g/mol. The van der Waals surface area contributed by atoms with Gasteiger partial charge in [-0.05, 0) is 31.0 Å². The Hall–Kier alpha value is -2.66. The van der Waals surface area contributed by atoms with E-state index in [1.54, 1.807) is 6.92 Å². The van der Waals surface area contributed by atoms with Gasteiger partial charge in [-0.3, -0.25) is 4.79 Å². The van der Waals surface area contributed by atoms with Gasteiger partial charge in [-0.2, -0.15) is 0 Å². The van der Waals surface area contributed by atoms with Crippen LogP contribution in [0.2, 0.25) is 0 Å². The monoisotopic (exact) mass is 337 g/mol. The third-order valence-corrected chi connectivity index (χ3v) is 4.38. The number of rotatable bonds is 6. The summed E-state index contributed by atoms with van der Waals surface area (Å²) >= 11 is 0. The molecule has 0 radical (unpaired) electrons. The SMILES string of the molecule is CCC(NC(=O)CC(C)(O)c1ccccc1)c1nc2ccccc2[nH]1. The van der Waals surface area contributed by atoms with Gasteiger partial charge in [0.05, 0.1) is 29.1 Å². The molecule has 1 amide bonds. The van der Waals surface area contributed by atoms with Crippen LogP contribution in [0.3, 0.4) is 0 Å². The first kappa shape index (κ1) is 17.2. The van der Waals surface area contributed by atoms with E-state index in [2.05, 4.69) is 15.3 Å². The fourth-order valence-electron chi connectivity index (χ4n) is 2.96. The molecule has 0 aliphatic rings. The highest BCUT2D eigenvalue weighted by Crippen LogP contribution is 2.25. The number of imidazole rings is 1. The van der Waals surface area contributed by atoms with Crippen molar-refractivity contribution in [2.45, 2.75) is 38.3 Å². The van der Waals surface area contributed by atoms with Crippen LogP contribution in [-0.4, -0.2) is 21.0 Å². The average Bonchev–Trinajstić information content (AvgIpc) is 3.04. The molecule has 2 aromatic carbocycles. The smallest absolute Gasteiger partial charge is 0.223 e. The molecule has 0 aliphatic carbocycles. The van der Waals surface area contributed by atoms with Gasteiger partial charge in [0, 0.05) is 0 Å². The number of hydrogen-bond donors (Lipinski definition) is 3. The van der Waals surface area contributed by atoms with Gasteiger partial charge in [0.25, 0.3) is 0 Å². The zero-order valence-corrected chi connectivity index (χ0v) is 14.5. The molecule has 0 aliphatic heterocycles. The summed E-state index contributed by atoms with van der Waals surface area (Å²) in [4.78, 5) is 20.3. The molecule has 5 heteroatoms. The molecule has 130 valence electrons. The quantitative estimate of drug-likeness (QED) is 0.645. The number of hydrogen-bond acceptors (Lipinski definition) is 3. The van der Waals surface area contributed by atoms with Gasteiger partial charge >= 0.3 is 0 Å². The van der Waals surface area contributed by atoms with E-state index in [0.717, 1.165) is 22.4 Å². The van der Waals surface area contributed by atoms with Crippen LogP contribution in [0.25, 0.3) is 11.0 Å². The van der Waals surface area contributed by atoms with E-state index in [1.165, 1.54) is 0 Å². The minimum Gasteiger partial charge on any atom is -0.385 e. The minimum absolute atomic E-state index is 0.00621. The zero-order valence-electron chi connectivity index (χ0n) is 14.5. The Kier molecular flexibility index (Phi) is 4.86. The van der Waals surface area contributed by atoms with Crippen molar-refractivity contribution in [1.29, 1.82) is 0 Å². The largest absolute Gasteiger partial charge is 0.385 e. The molecule has 3 rings (SSSR count). The highest BCUT2D eigenvalue weighted by Gasteiger charge is 2.28. The number of nitrogens with zero attached hydrogens (tertiary/aromatic N) is 1. The lowest BCUT2D eigenvalue weighted by atomic mass is 9.92. The maximum Gasteiger partial charge on any atom is 0.223 e. The van der Waals surface area contributed by atoms with Gasteiger partial charge in [-0.1, -0.05) is 49.4 Å². The number of carbonyl (C=O) groups is 1. The molecule has 2 atom stereocenters. The lowest BCUT2D eigenvalue weighted by Crippen LogP contribution is -2.35. The lowest BCUT2D eigenvalue weighted by molar-refractivity contribution is -0.126. The highest BCUT2D eigenvalue weighted by molar-refractivity contribution is 5.78. The van der Waals surface area contributed by atoms with E-state index >= 15 is 0 Å². The molecule has 0 spiro atoms. The number of benzene rings is 2. The number of aliphatic hydroxyl groups is 1. The highest BCUT2D eigenvalue weighted by atomic mass is 16.3. The van der Waals surface area contributed by atoms with Gasteiger partial charge in [0.2, 0.25) is 5.91 Å². The topological polar surface area (TPSA) is 78.0 Å². The molecule has 5 nitrogen and oxygen atoms in total. The van der Waals surface area contributed by atoms with Crippen LogP contribution in [-0.2, 0) is 10.4 Å². The van der Waals surface area contributed by atoms with E-state index in [4.69, 9.17) is 0 Å². The number of amides is 1. The minimum atomic E-state index is -1.21. The number of fused-ring (bicyclic) bond motifs is 1. The molecule has 1 heterocycles. The Morgan fingerprint density at radius 1 is 1.20 bits per heavy atom. The van der Waals surface area contributed by atoms with Crippen LogP contribution in [0, 0.1) is 0 Å². The van der Waals surface area contributed by atoms with E-state index in [1.807, 2.05) is 61.5 Å². The third-order valence-electron chi connectivity index (χ3n) is 4.38. The Bertz CT molecular complexity index is 823. The standard InChI is InChI=1S/C20H23N3O2/c1-3-15(19-22-16-11-7-8-12-17(16)23-19)21-18(24)13-20(2,25)14-9-5-4-6-10-14/h4-12,15,25H,3,13H2,1-2H3,(H,21,24)(H,22,23). The van der Waals surface area contributed by atoms with E-state index in [-0.39, 0.29) is 18.4 Å². The number of nitrogens with one attached hydrogen (secondary N) is 2. The second kappa shape index (κ2) is 7.07. The fraction of sp³-hybridized carbons (Fsp3) is 0.300. The first-order valence-electron chi connectivity index (χ1n) is 8.51. The van der Waals surface area contributed by atoms with Crippen LogP contribution in [0.1, 0.15) is 44.1 Å². The second-order valence-corrected chi connectivity index (χ2v) is 6.48. The predicted molar refractivity (Wildman–Crippen MR) is 97.9 cm³/mol. The first-order chi connectivity index (χ1) is 12.0. The van der Waals surface area contributed by atoms with Crippen molar-refractivity contribution in [3.8, 4) is 0 Å². The van der Waals surface area contributed by atoms with Gasteiger partial charge in [-0.25, -0.2) is 4.98 Å². The lowest BCUT2D eigenvalue weighted by Gasteiger charge is -2.24. The third kappa shape index (κ3) is 3.88. The first-order valence-corrected chi connectivity index (χ1v) is 8.51. The number of aromatic nitrogens is 2. The van der Waals surface area contributed by atoms with Crippen molar-refractivity contribution in [2.24, 2.45) is 0 Å². The van der Waals surface area contributed by atoms with E-state index < -0.39 is 5.60 Å². The van der Waals surface area contributed by atoms with Gasteiger partial charge < -0.3 is 15.4 Å². The Morgan fingerprint density at radius 3 is 2.56 bits per heavy atom. The molecule has 0 fully saturated rings. The zero-order chi connectivity index (χ0) is 17.9. The summed E-state index contributed by atoms with van der Waals surface area (Å²) < 4.78 is 0. The van der Waals surface area contributed by atoms with Crippen molar-refractivity contribution in [3.05, 3.63) is 66.0 Å². The Morgan fingerprint density at radius 2 is 1.88 bits per heavy atom. The summed E-state index contributed by atoms with van der Waals surface area (Å²) in [6.45, 7) is 3.65. The maximum absolute atomic E-state index is 12.5. The van der Waals surface area contributed by atoms with Crippen molar-refractivity contribution in [2.75, 3.05) is 0 Å². The molecular formula is C20H23N3O2. The maximum atomic E-state index is 12.5. The number of H-pyrrole nitrogens is 1. The molecule has 25 heavy (non-hydrogen) atoms. The summed E-state index contributed by atoms with van der Waals surface area (Å²) in [5, 5.41) is 13.6. The molecule has 0 saturated heterocycles. The van der Waals surface area contributed by atoms with Crippen LogP contribution in [0.5, 0.6) is 0 Å². The molecule has 2 unspecified atom stereocenters. The van der Waals surface area contributed by atoms with Crippen molar-refractivity contribution < 1.29 is 9.90 Å². The Balaban J connectivity index is 1.72. The van der Waals surface area contributed by atoms with Crippen molar-refractivity contribution in [1.82, 2.24) is 15.3 Å². The van der Waals surface area contributed by atoms with E-state index in [0.29, 0.717) is 6.42 Å². The average molecular weight is 337 g/mol. The molecule has 0 saturated carbocycles.